The highest BCUT2D eigenvalue weighted by Gasteiger charge is 2.23. The van der Waals surface area contributed by atoms with E-state index in [-0.39, 0.29) is 6.61 Å². The number of hydrogen-bond donors (Lipinski definition) is 4. The van der Waals surface area contributed by atoms with Gasteiger partial charge in [-0.15, -0.1) is 0 Å². The van der Waals surface area contributed by atoms with Crippen molar-refractivity contribution < 1.29 is 20.1 Å². The van der Waals surface area contributed by atoms with Crippen LogP contribution in [0.2, 0.25) is 0 Å². The molecule has 4 N–H and O–H groups in total. The molecule has 0 rings (SSSR count). The van der Waals surface area contributed by atoms with E-state index in [9.17, 15) is 20.1 Å². The van der Waals surface area contributed by atoms with Crippen LogP contribution in [-0.2, 0) is 4.79 Å². The molecule has 5 heteroatoms. The lowest BCUT2D eigenvalue weighted by atomic mass is 10.0. The third kappa shape index (κ3) is 49.1. The maximum Gasteiger partial charge on any atom is 0.249 e. The fourth-order valence-electron chi connectivity index (χ4n) is 9.67. The lowest BCUT2D eigenvalue weighted by Gasteiger charge is -2.23. The average molecular weight is 893 g/mol. The van der Waals surface area contributed by atoms with Crippen LogP contribution in [0.3, 0.4) is 0 Å². The van der Waals surface area contributed by atoms with Crippen molar-refractivity contribution in [2.24, 2.45) is 0 Å². The summed E-state index contributed by atoms with van der Waals surface area (Å²) < 4.78 is 0. The molecule has 0 aromatic carbocycles. The summed E-state index contributed by atoms with van der Waals surface area (Å²) in [6, 6.07) is -0.707. The molecular formula is C58H117NO4. The first-order valence-corrected chi connectivity index (χ1v) is 29.3. The fourth-order valence-corrected chi connectivity index (χ4v) is 9.67. The van der Waals surface area contributed by atoms with Crippen LogP contribution in [0.25, 0.3) is 0 Å². The van der Waals surface area contributed by atoms with Crippen molar-refractivity contribution in [3.05, 3.63) is 0 Å². The Morgan fingerprint density at radius 3 is 0.714 bits per heavy atom. The Morgan fingerprint density at radius 1 is 0.317 bits per heavy atom. The number of unbranched alkanes of at least 4 members (excludes halogenated alkanes) is 47. The summed E-state index contributed by atoms with van der Waals surface area (Å²) in [5.74, 6) is -0.461. The van der Waals surface area contributed by atoms with Crippen LogP contribution < -0.4 is 5.32 Å². The van der Waals surface area contributed by atoms with Crippen molar-refractivity contribution in [3.8, 4) is 0 Å². The van der Waals surface area contributed by atoms with E-state index in [0.717, 1.165) is 32.1 Å². The first-order chi connectivity index (χ1) is 31.1. The third-order valence-electron chi connectivity index (χ3n) is 14.2. The Bertz CT molecular complexity index is 853. The molecule has 0 aromatic heterocycles. The standard InChI is InChI=1S/C58H117NO4/c1-3-5-7-9-11-13-15-17-19-21-23-25-26-27-28-29-30-31-33-35-37-39-41-43-45-47-49-51-53-57(62)58(63)59-55(54-60)56(61)52-50-48-46-44-42-40-38-36-34-32-24-22-20-18-16-14-12-10-8-6-4-2/h55-57,60-62H,3-54H2,1-2H3,(H,59,63). The van der Waals surface area contributed by atoms with Gasteiger partial charge in [-0.05, 0) is 12.8 Å². The summed E-state index contributed by atoms with van der Waals surface area (Å²) in [5.41, 5.74) is 0. The van der Waals surface area contributed by atoms with Gasteiger partial charge < -0.3 is 20.6 Å². The van der Waals surface area contributed by atoms with Crippen LogP contribution in [0, 0.1) is 0 Å². The summed E-state index contributed by atoms with van der Waals surface area (Å²) in [6.45, 7) is 4.28. The van der Waals surface area contributed by atoms with E-state index in [1.54, 1.807) is 0 Å². The van der Waals surface area contributed by atoms with Gasteiger partial charge in [0.15, 0.2) is 0 Å². The third-order valence-corrected chi connectivity index (χ3v) is 14.2. The molecule has 0 aliphatic heterocycles. The lowest BCUT2D eigenvalue weighted by molar-refractivity contribution is -0.131. The number of amides is 1. The van der Waals surface area contributed by atoms with E-state index in [4.69, 9.17) is 0 Å². The number of aliphatic hydroxyl groups excluding tert-OH is 3. The molecule has 378 valence electrons. The predicted molar refractivity (Wildman–Crippen MR) is 278 cm³/mol. The van der Waals surface area contributed by atoms with E-state index < -0.39 is 24.2 Å². The molecule has 0 saturated carbocycles. The molecule has 3 atom stereocenters. The van der Waals surface area contributed by atoms with E-state index >= 15 is 0 Å². The first-order valence-electron chi connectivity index (χ1n) is 29.3. The minimum absolute atomic E-state index is 0.307. The number of aliphatic hydroxyl groups is 3. The summed E-state index contributed by atoms with van der Waals surface area (Å²) in [4.78, 5) is 12.6. The maximum absolute atomic E-state index is 12.6. The molecule has 0 bridgehead atoms. The Morgan fingerprint density at radius 2 is 0.508 bits per heavy atom. The van der Waals surface area contributed by atoms with Gasteiger partial charge in [0.05, 0.1) is 18.8 Å². The SMILES string of the molecule is CCCCCCCCCCCCCCCCCCCCCCCCCCCCCCC(O)C(=O)NC(CO)C(O)CCCCCCCCCCCCCCCCCCCCCCC. The second-order valence-electron chi connectivity index (χ2n) is 20.6. The molecule has 0 spiro atoms. The normalized spacial score (nSPS) is 13.2. The predicted octanol–water partition coefficient (Wildman–Crippen LogP) is 18.1. The molecule has 0 fully saturated rings. The van der Waals surface area contributed by atoms with Crippen LogP contribution in [-0.4, -0.2) is 46.1 Å². The van der Waals surface area contributed by atoms with E-state index in [1.807, 2.05) is 0 Å². The quantitative estimate of drug-likeness (QED) is 0.0458. The van der Waals surface area contributed by atoms with Crippen molar-refractivity contribution in [1.29, 1.82) is 0 Å². The van der Waals surface area contributed by atoms with Crippen LogP contribution in [0.1, 0.15) is 341 Å². The van der Waals surface area contributed by atoms with Gasteiger partial charge >= 0.3 is 0 Å². The second kappa shape index (κ2) is 54.0. The molecule has 0 saturated heterocycles. The topological polar surface area (TPSA) is 89.8 Å². The highest BCUT2D eigenvalue weighted by molar-refractivity contribution is 5.80. The molecule has 1 amide bonds. The zero-order chi connectivity index (χ0) is 45.8. The molecule has 0 aromatic rings. The fraction of sp³-hybridized carbons (Fsp3) is 0.983. The van der Waals surface area contributed by atoms with Crippen LogP contribution >= 0.6 is 0 Å². The van der Waals surface area contributed by atoms with Crippen LogP contribution in [0.5, 0.6) is 0 Å². The Kier molecular flexibility index (Phi) is 53.4. The minimum atomic E-state index is -1.07. The molecule has 63 heavy (non-hydrogen) atoms. The monoisotopic (exact) mass is 892 g/mol. The van der Waals surface area contributed by atoms with E-state index in [0.29, 0.717) is 12.8 Å². The summed E-state index contributed by atoms with van der Waals surface area (Å²) >= 11 is 0. The van der Waals surface area contributed by atoms with Crippen LogP contribution in [0.4, 0.5) is 0 Å². The zero-order valence-electron chi connectivity index (χ0n) is 43.3. The highest BCUT2D eigenvalue weighted by Crippen LogP contribution is 2.19. The van der Waals surface area contributed by atoms with E-state index in [2.05, 4.69) is 19.2 Å². The van der Waals surface area contributed by atoms with Gasteiger partial charge in [-0.1, -0.05) is 328 Å². The molecule has 0 radical (unpaired) electrons. The van der Waals surface area contributed by atoms with Gasteiger partial charge in [0.1, 0.15) is 6.10 Å². The number of carbonyl (C=O) groups is 1. The van der Waals surface area contributed by atoms with Gasteiger partial charge in [-0.3, -0.25) is 4.79 Å². The molecule has 0 aliphatic carbocycles. The highest BCUT2D eigenvalue weighted by atomic mass is 16.3. The first kappa shape index (κ1) is 62.4. The Hall–Kier alpha value is -0.650. The molecule has 5 nitrogen and oxygen atoms in total. The summed E-state index contributed by atoms with van der Waals surface area (Å²) in [7, 11) is 0. The van der Waals surface area contributed by atoms with Crippen molar-refractivity contribution in [1.82, 2.24) is 5.32 Å². The van der Waals surface area contributed by atoms with Gasteiger partial charge in [-0.25, -0.2) is 0 Å². The average Bonchev–Trinajstić information content (AvgIpc) is 3.29. The van der Waals surface area contributed by atoms with Crippen molar-refractivity contribution >= 4 is 5.91 Å². The zero-order valence-corrected chi connectivity index (χ0v) is 43.3. The minimum Gasteiger partial charge on any atom is -0.394 e. The van der Waals surface area contributed by atoms with Crippen LogP contribution in [0.15, 0.2) is 0 Å². The Labute approximate surface area is 396 Å². The van der Waals surface area contributed by atoms with Gasteiger partial charge in [0.25, 0.3) is 0 Å². The number of nitrogens with one attached hydrogen (secondary N) is 1. The smallest absolute Gasteiger partial charge is 0.249 e. The molecule has 3 unspecified atom stereocenters. The maximum atomic E-state index is 12.6. The summed E-state index contributed by atoms with van der Waals surface area (Å²) in [5, 5.41) is 33.6. The number of rotatable bonds is 55. The van der Waals surface area contributed by atoms with Gasteiger partial charge in [0, 0.05) is 0 Å². The largest absolute Gasteiger partial charge is 0.394 e. The van der Waals surface area contributed by atoms with Gasteiger partial charge in [-0.2, -0.15) is 0 Å². The van der Waals surface area contributed by atoms with Crippen molar-refractivity contribution in [2.45, 2.75) is 360 Å². The molecular weight excluding hydrogens is 775 g/mol. The molecule has 0 aliphatic rings. The second-order valence-corrected chi connectivity index (χ2v) is 20.6. The molecule has 0 heterocycles. The van der Waals surface area contributed by atoms with Gasteiger partial charge in [0.2, 0.25) is 5.91 Å². The lowest BCUT2D eigenvalue weighted by Crippen LogP contribution is -2.49. The van der Waals surface area contributed by atoms with E-state index in [1.165, 1.54) is 283 Å². The Balaban J connectivity index is 3.47. The summed E-state index contributed by atoms with van der Waals surface area (Å²) in [6.07, 6.45) is 65.9. The number of hydrogen-bond acceptors (Lipinski definition) is 4. The van der Waals surface area contributed by atoms with Crippen molar-refractivity contribution in [2.75, 3.05) is 6.61 Å². The van der Waals surface area contributed by atoms with Crippen molar-refractivity contribution in [3.63, 3.8) is 0 Å². The number of carbonyl (C=O) groups excluding carboxylic acids is 1.